The van der Waals surface area contributed by atoms with Gasteiger partial charge >= 0.3 is 5.97 Å². The molecular weight excluding hydrogens is 1140 g/mol. The van der Waals surface area contributed by atoms with Crippen LogP contribution in [0.2, 0.25) is 0 Å². The van der Waals surface area contributed by atoms with Gasteiger partial charge in [0.25, 0.3) is 0 Å². The van der Waals surface area contributed by atoms with E-state index >= 15 is 0 Å². The lowest BCUT2D eigenvalue weighted by Gasteiger charge is -2.36. The summed E-state index contributed by atoms with van der Waals surface area (Å²) in [5.74, 6) is 4.92. The number of aliphatic hydroxyl groups excluding tert-OH is 4. The highest BCUT2D eigenvalue weighted by Gasteiger charge is 2.53. The number of nitrogens with one attached hydrogen (secondary N) is 2. The van der Waals surface area contributed by atoms with Crippen LogP contribution in [0.1, 0.15) is 88.4 Å². The molecule has 3 unspecified atom stereocenters. The number of ether oxygens (including phenoxy) is 5. The van der Waals surface area contributed by atoms with Crippen LogP contribution in [0, 0.1) is 5.92 Å². The predicted octanol–water partition coefficient (Wildman–Crippen LogP) is 8.25. The quantitative estimate of drug-likeness (QED) is 0.00905. The monoisotopic (exact) mass is 1220 g/mol. The number of thiocarbonyl (C=S) groups is 1. The lowest BCUT2D eigenvalue weighted by Crippen LogP contribution is -2.34. The molecule has 22 heteroatoms. The van der Waals surface area contributed by atoms with Crippen molar-refractivity contribution in [3.05, 3.63) is 106 Å². The van der Waals surface area contributed by atoms with E-state index in [0.717, 1.165) is 30.8 Å². The Morgan fingerprint density at radius 1 is 0.675 bits per heavy atom. The minimum atomic E-state index is -1.37. The number of phenols is 2. The average Bonchev–Trinajstić information content (AvgIpc) is 3.79. The number of hydrogen-bond donors (Lipinski definition) is 8. The lowest BCUT2D eigenvalue weighted by atomic mass is 9.77. The van der Waals surface area contributed by atoms with E-state index in [1.54, 1.807) is 95.2 Å². The first-order chi connectivity index (χ1) is 38.9. The standard InChI is InChI=1S/C58H76N2O14S6/c1-2-19-70-20-5-21-76-22-14-60-56(68)40(31-52(67)41-29-44(71-35-46(79-25-17-63)37-77-23-15-61)34-45(30-41)72-36-47(80-26-18-64)38-78-24-16-62)6-3-4-13-59-55(75)28-39-7-10-49-48(27-39)57(69)74-58(49)50-11-8-42(65)32-53(50)73-54-33-43(66)9-12-51(54)58/h7-12,27,29-30,32-34,40,46-47,61-66H,2-6,13-26,28,31,35-38H2,1H3,(H,59,75)(H,60,68). The van der Waals surface area contributed by atoms with Gasteiger partial charge in [0, 0.05) is 136 Å². The second-order valence-electron chi connectivity index (χ2n) is 19.0. The summed E-state index contributed by atoms with van der Waals surface area (Å²) >= 11 is 13.9. The summed E-state index contributed by atoms with van der Waals surface area (Å²) < 4.78 is 30.6. The number of benzene rings is 4. The van der Waals surface area contributed by atoms with Crippen molar-refractivity contribution in [3.8, 4) is 34.5 Å². The maximum atomic E-state index is 14.5. The van der Waals surface area contributed by atoms with Crippen LogP contribution in [0.25, 0.3) is 0 Å². The number of carbonyl (C=O) groups is 3. The molecule has 438 valence electrons. The van der Waals surface area contributed by atoms with Gasteiger partial charge in [-0.05, 0) is 79.5 Å². The van der Waals surface area contributed by atoms with Crippen molar-refractivity contribution in [2.45, 2.75) is 68.0 Å². The molecule has 6 rings (SSSR count). The summed E-state index contributed by atoms with van der Waals surface area (Å²) in [6.07, 6.45) is 3.88. The summed E-state index contributed by atoms with van der Waals surface area (Å²) in [5, 5.41) is 64.9. The van der Waals surface area contributed by atoms with Crippen LogP contribution in [-0.4, -0.2) is 176 Å². The Kier molecular flexibility index (Phi) is 28.6. The molecule has 4 aromatic rings. The van der Waals surface area contributed by atoms with Crippen LogP contribution in [0.5, 0.6) is 34.5 Å². The molecular formula is C58H76N2O14S6. The number of fused-ring (bicyclic) bond motifs is 6. The van der Waals surface area contributed by atoms with E-state index in [2.05, 4.69) is 17.6 Å². The minimum Gasteiger partial charge on any atom is -0.508 e. The normalized spacial score (nSPS) is 14.0. The zero-order valence-electron chi connectivity index (χ0n) is 45.2. The summed E-state index contributed by atoms with van der Waals surface area (Å²) in [5.41, 5.74) is 1.78. The number of phenolic OH excluding ortho intramolecular Hbond substituents is 2. The Morgan fingerprint density at radius 2 is 1.29 bits per heavy atom. The molecule has 0 saturated carbocycles. The average molecular weight is 1220 g/mol. The van der Waals surface area contributed by atoms with Gasteiger partial charge in [0.05, 0.1) is 37.0 Å². The zero-order chi connectivity index (χ0) is 57.1. The molecule has 1 amide bonds. The predicted molar refractivity (Wildman–Crippen MR) is 328 cm³/mol. The van der Waals surface area contributed by atoms with Crippen LogP contribution in [0.15, 0.2) is 72.8 Å². The van der Waals surface area contributed by atoms with Crippen molar-refractivity contribution in [2.75, 3.05) is 112 Å². The van der Waals surface area contributed by atoms with Crippen molar-refractivity contribution in [1.82, 2.24) is 10.6 Å². The Morgan fingerprint density at radius 3 is 1.89 bits per heavy atom. The van der Waals surface area contributed by atoms with Gasteiger partial charge in [0.15, 0.2) is 11.4 Å². The first kappa shape index (κ1) is 65.1. The molecule has 0 radical (unpaired) electrons. The van der Waals surface area contributed by atoms with Crippen LogP contribution in [0.3, 0.4) is 0 Å². The molecule has 0 aromatic heterocycles. The number of unbranched alkanes of at least 4 members (excludes halogenated alkanes) is 1. The molecule has 1 spiro atoms. The molecule has 2 heterocycles. The highest BCUT2D eigenvalue weighted by atomic mass is 32.2. The zero-order valence-corrected chi connectivity index (χ0v) is 50.1. The maximum Gasteiger partial charge on any atom is 0.340 e. The number of rotatable bonds is 40. The van der Waals surface area contributed by atoms with Gasteiger partial charge < -0.3 is 65.0 Å². The summed E-state index contributed by atoms with van der Waals surface area (Å²) in [7, 11) is 0. The van der Waals surface area contributed by atoms with Gasteiger partial charge in [-0.1, -0.05) is 37.7 Å². The van der Waals surface area contributed by atoms with Crippen LogP contribution in [0.4, 0.5) is 0 Å². The molecule has 0 aliphatic carbocycles. The third-order valence-electron chi connectivity index (χ3n) is 12.8. The second kappa shape index (κ2) is 35.2. The van der Waals surface area contributed by atoms with E-state index in [9.17, 15) is 45.0 Å². The van der Waals surface area contributed by atoms with Gasteiger partial charge in [-0.2, -0.15) is 58.8 Å². The smallest absolute Gasteiger partial charge is 0.340 e. The van der Waals surface area contributed by atoms with Crippen LogP contribution < -0.4 is 24.8 Å². The Balaban J connectivity index is 1.12. The Labute approximate surface area is 496 Å². The molecule has 3 atom stereocenters. The van der Waals surface area contributed by atoms with Crippen molar-refractivity contribution in [1.29, 1.82) is 0 Å². The number of aliphatic hydroxyl groups is 4. The number of aromatic hydroxyl groups is 2. The van der Waals surface area contributed by atoms with Gasteiger partial charge in [-0.15, -0.1) is 0 Å². The van der Waals surface area contributed by atoms with E-state index in [-0.39, 0.29) is 79.8 Å². The number of ketones is 1. The molecule has 4 aromatic carbocycles. The molecule has 80 heavy (non-hydrogen) atoms. The number of carbonyl (C=O) groups excluding carboxylic acids is 3. The van der Waals surface area contributed by atoms with E-state index in [1.807, 2.05) is 12.1 Å². The van der Waals surface area contributed by atoms with E-state index < -0.39 is 17.5 Å². The lowest BCUT2D eigenvalue weighted by molar-refractivity contribution is -0.125. The Bertz CT molecular complexity index is 2520. The molecule has 0 bridgehead atoms. The largest absolute Gasteiger partial charge is 0.508 e. The van der Waals surface area contributed by atoms with E-state index in [0.29, 0.717) is 141 Å². The van der Waals surface area contributed by atoms with Crippen LogP contribution >= 0.6 is 71.0 Å². The highest BCUT2D eigenvalue weighted by Crippen LogP contribution is 2.57. The van der Waals surface area contributed by atoms with Crippen molar-refractivity contribution in [2.24, 2.45) is 5.92 Å². The SMILES string of the molecule is CCCOCCCSCCNC(=O)C(CCCCNC(=S)Cc1ccc2c(c1)C(=O)OC21c2ccc(O)cc2Oc2cc(O)ccc21)CC(=O)c1cc(OCC(CSCCO)SCCO)cc(OCC(CSCCO)SCCO)c1. The summed E-state index contributed by atoms with van der Waals surface area (Å²) in [6, 6.07) is 19.9. The molecule has 0 saturated heterocycles. The molecule has 16 nitrogen and oxygen atoms in total. The third-order valence-corrected chi connectivity index (χ3v) is 19.2. The van der Waals surface area contributed by atoms with Crippen LogP contribution in [-0.2, 0) is 26.3 Å². The van der Waals surface area contributed by atoms with Gasteiger partial charge in [-0.25, -0.2) is 4.79 Å². The van der Waals surface area contributed by atoms with E-state index in [1.165, 1.54) is 24.3 Å². The minimum absolute atomic E-state index is 0.00521. The van der Waals surface area contributed by atoms with Gasteiger partial charge in [0.2, 0.25) is 5.91 Å². The fraction of sp³-hybridized carbons (Fsp3) is 0.517. The fourth-order valence-electron chi connectivity index (χ4n) is 9.09. The summed E-state index contributed by atoms with van der Waals surface area (Å²) in [4.78, 5) is 42.7. The van der Waals surface area contributed by atoms with Crippen molar-refractivity contribution >= 4 is 93.7 Å². The van der Waals surface area contributed by atoms with Gasteiger partial charge in [0.1, 0.15) is 47.7 Å². The molecule has 8 N–H and O–H groups in total. The van der Waals surface area contributed by atoms with E-state index in [4.69, 9.17) is 35.9 Å². The summed E-state index contributed by atoms with van der Waals surface area (Å²) in [6.45, 7) is 5.16. The number of hydrogen-bond acceptors (Lipinski definition) is 20. The number of thioether (sulfide) groups is 5. The first-order valence-corrected chi connectivity index (χ1v) is 33.1. The third kappa shape index (κ3) is 19.8. The number of amides is 1. The molecule has 2 aliphatic rings. The molecule has 2 aliphatic heterocycles. The number of Topliss-reactive ketones (excluding diaryl/α,β-unsaturated/α-hetero) is 1. The maximum absolute atomic E-state index is 14.5. The fourth-order valence-corrected chi connectivity index (χ4v) is 14.0. The number of esters is 1. The highest BCUT2D eigenvalue weighted by molar-refractivity contribution is 8.03. The molecule has 0 fully saturated rings. The Hall–Kier alpha value is -4.07. The van der Waals surface area contributed by atoms with Crippen molar-refractivity contribution in [3.63, 3.8) is 0 Å². The topological polar surface area (TPSA) is 243 Å². The van der Waals surface area contributed by atoms with Crippen molar-refractivity contribution < 1.29 is 68.7 Å². The van der Waals surface area contributed by atoms with Gasteiger partial charge in [-0.3, -0.25) is 9.59 Å². The first-order valence-electron chi connectivity index (χ1n) is 27.1. The second-order valence-corrected chi connectivity index (χ2v) is 25.8.